The van der Waals surface area contributed by atoms with Gasteiger partial charge in [0.15, 0.2) is 5.78 Å². The first-order chi connectivity index (χ1) is 18.2. The predicted molar refractivity (Wildman–Crippen MR) is 137 cm³/mol. The van der Waals surface area contributed by atoms with Crippen LogP contribution >= 0.6 is 0 Å². The molecule has 5 rings (SSSR count). The van der Waals surface area contributed by atoms with Crippen LogP contribution in [0.1, 0.15) is 55.6 Å². The summed E-state index contributed by atoms with van der Waals surface area (Å²) < 4.78 is 12.1. The minimum absolute atomic E-state index is 0.00965. The molecule has 200 valence electrons. The van der Waals surface area contributed by atoms with E-state index in [9.17, 15) is 19.2 Å². The van der Waals surface area contributed by atoms with Crippen LogP contribution in [0, 0.1) is 5.92 Å². The first-order valence-corrected chi connectivity index (χ1v) is 13.2. The number of aromatic nitrogens is 2. The Balaban J connectivity index is 1.45. The number of carbonyl (C=O) groups is 4. The van der Waals surface area contributed by atoms with E-state index < -0.39 is 36.5 Å². The van der Waals surface area contributed by atoms with Crippen molar-refractivity contribution in [1.82, 2.24) is 15.3 Å². The Bertz CT molecular complexity index is 1210. The van der Waals surface area contributed by atoms with Gasteiger partial charge in [0.25, 0.3) is 5.91 Å². The van der Waals surface area contributed by atoms with E-state index in [0.29, 0.717) is 19.3 Å². The second-order valence-electron chi connectivity index (χ2n) is 11.3. The van der Waals surface area contributed by atoms with Gasteiger partial charge in [-0.25, -0.2) is 14.6 Å². The lowest BCUT2D eigenvalue weighted by Gasteiger charge is -2.47. The van der Waals surface area contributed by atoms with Crippen LogP contribution in [0.5, 0.6) is 0 Å². The van der Waals surface area contributed by atoms with Gasteiger partial charge in [0.1, 0.15) is 17.8 Å². The standard InChI is InChI=1S/C27H33BN4O6/c1-17(2)13-19(28-32(3)22(26(35)37-28)9-10-23(32)27(36)38-28)15-24(33)20(14-18-7-5-4-6-8-18)31-25(34)21-16-29-11-12-30-21/h4-8,11-12,16-17,19-20,22-23H,9-10,13-15H2,1-3H3,(H,31,34)/t19-,20+,22-,23-,28?,32?/m1/s1. The number of Topliss-reactive ketones (excluding diaryl/α,β-unsaturated/α-hetero) is 1. The molecule has 3 saturated heterocycles. The van der Waals surface area contributed by atoms with E-state index in [2.05, 4.69) is 15.3 Å². The van der Waals surface area contributed by atoms with Gasteiger partial charge in [-0.1, -0.05) is 50.6 Å². The molecule has 0 radical (unpaired) electrons. The first-order valence-electron chi connectivity index (χ1n) is 13.2. The Labute approximate surface area is 221 Å². The molecular formula is C27H33BN4O6. The second kappa shape index (κ2) is 9.94. The largest absolute Gasteiger partial charge is 0.600 e. The van der Waals surface area contributed by atoms with Gasteiger partial charge in [-0.05, 0) is 30.1 Å². The third-order valence-corrected chi connectivity index (χ3v) is 8.55. The molecule has 4 atom stereocenters. The van der Waals surface area contributed by atoms with Crippen LogP contribution in [0.25, 0.3) is 0 Å². The van der Waals surface area contributed by atoms with E-state index in [-0.39, 0.29) is 46.6 Å². The molecule has 2 aromatic rings. The average molecular weight is 520 g/mol. The molecule has 11 heteroatoms. The SMILES string of the molecule is CC(C)C[C@H](CC(=O)[C@H](Cc1ccccc1)NC(=O)c1cnccn1)[B-]12OC(=O)[C@H]3CC[C@H](C(=O)O1)[N+]32C. The molecule has 3 aliphatic rings. The topological polar surface area (TPSA) is 125 Å². The van der Waals surface area contributed by atoms with Gasteiger partial charge in [-0.15, -0.1) is 0 Å². The van der Waals surface area contributed by atoms with Crippen molar-refractivity contribution in [2.24, 2.45) is 5.92 Å². The third-order valence-electron chi connectivity index (χ3n) is 8.55. The summed E-state index contributed by atoms with van der Waals surface area (Å²) in [7, 11) is 1.87. The maximum Gasteiger partial charge on any atom is 0.587 e. The van der Waals surface area contributed by atoms with Gasteiger partial charge in [0.2, 0.25) is 0 Å². The van der Waals surface area contributed by atoms with Crippen molar-refractivity contribution in [3.05, 3.63) is 60.2 Å². The first kappa shape index (κ1) is 26.0. The van der Waals surface area contributed by atoms with E-state index in [1.807, 2.05) is 51.2 Å². The van der Waals surface area contributed by atoms with Crippen molar-refractivity contribution in [2.45, 2.75) is 69.9 Å². The molecule has 4 heterocycles. The number of amides is 1. The quantitative estimate of drug-likeness (QED) is 0.473. The monoisotopic (exact) mass is 520 g/mol. The van der Waals surface area contributed by atoms with Crippen molar-refractivity contribution in [3.63, 3.8) is 0 Å². The fraction of sp³-hybridized carbons (Fsp3) is 0.481. The molecule has 3 aliphatic heterocycles. The summed E-state index contributed by atoms with van der Waals surface area (Å²) in [5.74, 6) is -1.82. The van der Waals surface area contributed by atoms with E-state index in [1.54, 1.807) is 0 Å². The highest BCUT2D eigenvalue weighted by molar-refractivity contribution is 6.68. The molecule has 1 aromatic heterocycles. The zero-order chi connectivity index (χ0) is 27.1. The van der Waals surface area contributed by atoms with Crippen molar-refractivity contribution in [2.75, 3.05) is 7.05 Å². The summed E-state index contributed by atoms with van der Waals surface area (Å²) in [5.41, 5.74) is 0.989. The van der Waals surface area contributed by atoms with Crippen LogP contribution < -0.4 is 5.32 Å². The lowest BCUT2D eigenvalue weighted by Crippen LogP contribution is -2.66. The van der Waals surface area contributed by atoms with Crippen LogP contribution in [-0.4, -0.2) is 69.9 Å². The van der Waals surface area contributed by atoms with Crippen molar-refractivity contribution >= 4 is 30.3 Å². The highest BCUT2D eigenvalue weighted by atomic mass is 16.7. The summed E-state index contributed by atoms with van der Waals surface area (Å²) in [6.07, 6.45) is 6.14. The number of hydrogen-bond donors (Lipinski definition) is 1. The van der Waals surface area contributed by atoms with Gasteiger partial charge in [0.05, 0.1) is 12.2 Å². The van der Waals surface area contributed by atoms with Crippen LogP contribution in [0.15, 0.2) is 48.9 Å². The van der Waals surface area contributed by atoms with E-state index in [4.69, 9.17) is 9.31 Å². The number of hydrogen-bond acceptors (Lipinski definition) is 8. The molecule has 0 unspecified atom stereocenters. The number of nitrogens with zero attached hydrogens (tertiary/aromatic N) is 3. The average Bonchev–Trinajstić information content (AvgIpc) is 3.45. The van der Waals surface area contributed by atoms with Gasteiger partial charge in [-0.2, -0.15) is 0 Å². The molecule has 10 nitrogen and oxygen atoms in total. The Morgan fingerprint density at radius 2 is 1.74 bits per heavy atom. The maximum atomic E-state index is 14.0. The number of ketones is 1. The molecule has 0 spiro atoms. The molecule has 0 aliphatic carbocycles. The molecule has 1 N–H and O–H groups in total. The number of carbonyl (C=O) groups excluding carboxylic acids is 4. The second-order valence-corrected chi connectivity index (χ2v) is 11.3. The van der Waals surface area contributed by atoms with Crippen LogP contribution in [0.2, 0.25) is 5.82 Å². The maximum absolute atomic E-state index is 14.0. The number of rotatable bonds is 10. The minimum Gasteiger partial charge on any atom is -0.600 e. The highest BCUT2D eigenvalue weighted by Crippen LogP contribution is 2.55. The summed E-state index contributed by atoms with van der Waals surface area (Å²) in [6.45, 7) is 1.60. The molecule has 0 saturated carbocycles. The smallest absolute Gasteiger partial charge is 0.587 e. The summed E-state index contributed by atoms with van der Waals surface area (Å²) in [5, 5.41) is 2.84. The van der Waals surface area contributed by atoms with Gasteiger partial charge in [0, 0.05) is 32.3 Å². The number of likely N-dealkylation sites (N-methyl/N-ethyl adjacent to an activating group) is 1. The molecule has 1 amide bonds. The fourth-order valence-electron chi connectivity index (χ4n) is 6.82. The predicted octanol–water partition coefficient (Wildman–Crippen LogP) is 2.22. The zero-order valence-corrected chi connectivity index (χ0v) is 21.9. The van der Waals surface area contributed by atoms with Crippen LogP contribution in [-0.2, 0) is 30.1 Å². The normalized spacial score (nSPS) is 28.9. The molecule has 38 heavy (non-hydrogen) atoms. The fourth-order valence-corrected chi connectivity index (χ4v) is 6.82. The van der Waals surface area contributed by atoms with Crippen molar-refractivity contribution in [1.29, 1.82) is 0 Å². The Morgan fingerprint density at radius 3 is 2.32 bits per heavy atom. The minimum atomic E-state index is -2.44. The van der Waals surface area contributed by atoms with Crippen molar-refractivity contribution < 1.29 is 32.9 Å². The van der Waals surface area contributed by atoms with E-state index in [0.717, 1.165) is 5.56 Å². The van der Waals surface area contributed by atoms with E-state index >= 15 is 0 Å². The van der Waals surface area contributed by atoms with Crippen LogP contribution in [0.4, 0.5) is 0 Å². The third kappa shape index (κ3) is 4.28. The van der Waals surface area contributed by atoms with Gasteiger partial charge >= 0.3 is 18.6 Å². The van der Waals surface area contributed by atoms with Gasteiger partial charge in [-0.3, -0.25) is 14.6 Å². The highest BCUT2D eigenvalue weighted by Gasteiger charge is 2.78. The number of quaternary nitrogens is 1. The van der Waals surface area contributed by atoms with Crippen LogP contribution in [0.3, 0.4) is 0 Å². The van der Waals surface area contributed by atoms with Crippen molar-refractivity contribution in [3.8, 4) is 0 Å². The lowest BCUT2D eigenvalue weighted by atomic mass is 9.51. The van der Waals surface area contributed by atoms with E-state index in [1.165, 1.54) is 18.6 Å². The summed E-state index contributed by atoms with van der Waals surface area (Å²) >= 11 is 0. The Kier molecular flexibility index (Phi) is 6.81. The Morgan fingerprint density at radius 1 is 1.08 bits per heavy atom. The number of benzene rings is 1. The molecule has 1 aromatic carbocycles. The van der Waals surface area contributed by atoms with Gasteiger partial charge < -0.3 is 19.0 Å². The summed E-state index contributed by atoms with van der Waals surface area (Å²) in [6, 6.07) is 7.63. The Hall–Kier alpha value is -3.60. The number of nitrogens with one attached hydrogen (secondary N) is 1. The summed E-state index contributed by atoms with van der Waals surface area (Å²) in [4.78, 5) is 60.8. The molecular weight excluding hydrogens is 487 g/mol. The molecule has 3 fully saturated rings. The zero-order valence-electron chi connectivity index (χ0n) is 21.9. The molecule has 0 bridgehead atoms. The lowest BCUT2D eigenvalue weighted by molar-refractivity contribution is -0.829.